The summed E-state index contributed by atoms with van der Waals surface area (Å²) in [6.45, 7) is 0. The van der Waals surface area contributed by atoms with Gasteiger partial charge in [0.15, 0.2) is 0 Å². The van der Waals surface area contributed by atoms with Gasteiger partial charge in [-0.2, -0.15) is 0 Å². The van der Waals surface area contributed by atoms with Crippen LogP contribution in [0.5, 0.6) is 23.0 Å². The van der Waals surface area contributed by atoms with E-state index >= 15 is 0 Å². The fourth-order valence-electron chi connectivity index (χ4n) is 8.04. The number of anilines is 2. The molecular formula is C39H44N2O2. The molecule has 43 heavy (non-hydrogen) atoms. The minimum absolute atomic E-state index is 0.0141. The molecule has 4 heteroatoms. The average Bonchev–Trinajstić information content (AvgIpc) is 3.84. The summed E-state index contributed by atoms with van der Waals surface area (Å²) >= 11 is 0. The van der Waals surface area contributed by atoms with Crippen molar-refractivity contribution >= 4 is 11.4 Å². The van der Waals surface area contributed by atoms with Crippen molar-refractivity contribution in [1.82, 2.24) is 0 Å². The molecule has 0 atom stereocenters. The Balaban J connectivity index is 1.28. The molecule has 4 aromatic rings. The Morgan fingerprint density at radius 1 is 0.488 bits per heavy atom. The molecule has 4 nitrogen and oxygen atoms in total. The van der Waals surface area contributed by atoms with Crippen molar-refractivity contribution in [2.45, 2.75) is 94.3 Å². The van der Waals surface area contributed by atoms with Crippen LogP contribution in [-0.4, -0.2) is 0 Å². The van der Waals surface area contributed by atoms with Crippen LogP contribution in [0.4, 0.5) is 11.4 Å². The van der Waals surface area contributed by atoms with E-state index in [1.807, 2.05) is 48.5 Å². The zero-order valence-corrected chi connectivity index (χ0v) is 25.2. The zero-order chi connectivity index (χ0) is 29.2. The van der Waals surface area contributed by atoms with Gasteiger partial charge in [-0.05, 0) is 133 Å². The van der Waals surface area contributed by atoms with Gasteiger partial charge in [0.05, 0.1) is 0 Å². The fourth-order valence-corrected chi connectivity index (χ4v) is 8.04. The Morgan fingerprint density at radius 2 is 0.884 bits per heavy atom. The van der Waals surface area contributed by atoms with E-state index < -0.39 is 0 Å². The number of ether oxygens (including phenoxy) is 2. The molecule has 4 aromatic carbocycles. The first kappa shape index (κ1) is 27.9. The monoisotopic (exact) mass is 572 g/mol. The fraction of sp³-hybridized carbons (Fsp3) is 0.385. The predicted molar refractivity (Wildman–Crippen MR) is 176 cm³/mol. The van der Waals surface area contributed by atoms with E-state index in [1.165, 1.54) is 99.3 Å². The molecule has 0 unspecified atom stereocenters. The van der Waals surface area contributed by atoms with Crippen LogP contribution in [-0.2, 0) is 5.41 Å². The van der Waals surface area contributed by atoms with Gasteiger partial charge < -0.3 is 20.9 Å². The van der Waals surface area contributed by atoms with Crippen LogP contribution >= 0.6 is 0 Å². The zero-order valence-electron chi connectivity index (χ0n) is 25.2. The van der Waals surface area contributed by atoms with E-state index in [4.69, 9.17) is 20.9 Å². The van der Waals surface area contributed by atoms with Crippen LogP contribution in [0.2, 0.25) is 0 Å². The molecule has 3 saturated carbocycles. The van der Waals surface area contributed by atoms with Crippen LogP contribution in [0, 0.1) is 0 Å². The lowest BCUT2D eigenvalue weighted by atomic mass is 9.71. The summed E-state index contributed by atoms with van der Waals surface area (Å²) in [4.78, 5) is 0. The Bertz CT molecular complexity index is 1430. The summed E-state index contributed by atoms with van der Waals surface area (Å²) in [6, 6.07) is 29.8. The molecule has 222 valence electrons. The van der Waals surface area contributed by atoms with Gasteiger partial charge in [-0.3, -0.25) is 0 Å². The molecule has 0 bridgehead atoms. The van der Waals surface area contributed by atoms with Gasteiger partial charge in [0.1, 0.15) is 23.0 Å². The second-order valence-corrected chi connectivity index (χ2v) is 13.1. The van der Waals surface area contributed by atoms with Gasteiger partial charge in [0, 0.05) is 16.8 Å². The molecule has 3 aliphatic carbocycles. The normalized spacial score (nSPS) is 18.7. The van der Waals surface area contributed by atoms with Crippen molar-refractivity contribution in [3.05, 3.63) is 107 Å². The Labute approximate surface area is 256 Å². The minimum Gasteiger partial charge on any atom is -0.457 e. The lowest BCUT2D eigenvalue weighted by molar-refractivity contribution is 0.464. The van der Waals surface area contributed by atoms with Gasteiger partial charge in [0.25, 0.3) is 0 Å². The molecular weight excluding hydrogens is 528 g/mol. The first-order chi connectivity index (χ1) is 21.1. The molecule has 0 aromatic heterocycles. The minimum atomic E-state index is 0.0141. The van der Waals surface area contributed by atoms with Crippen LogP contribution in [0.15, 0.2) is 84.9 Å². The lowest BCUT2D eigenvalue weighted by Crippen LogP contribution is -2.24. The standard InChI is InChI=1S/C39H44N2O2/c40-31-13-17-33(18-14-31)42-37-21-11-29(25-35(37)27-7-1-2-8-27)39(23-5-6-24-39)30-12-22-38(36(26-30)28-9-3-4-10-28)43-34-19-15-32(41)16-20-34/h11-22,25-28H,1-10,23-24,40-41H2. The van der Waals surface area contributed by atoms with Crippen LogP contribution in [0.25, 0.3) is 0 Å². The Hall–Kier alpha value is -3.92. The highest BCUT2D eigenvalue weighted by atomic mass is 16.5. The third kappa shape index (κ3) is 5.72. The summed E-state index contributed by atoms with van der Waals surface area (Å²) in [7, 11) is 0. The van der Waals surface area contributed by atoms with Crippen molar-refractivity contribution in [2.75, 3.05) is 11.5 Å². The number of nitrogen functional groups attached to an aromatic ring is 2. The lowest BCUT2D eigenvalue weighted by Gasteiger charge is -2.33. The van der Waals surface area contributed by atoms with Gasteiger partial charge >= 0.3 is 0 Å². The molecule has 0 radical (unpaired) electrons. The van der Waals surface area contributed by atoms with E-state index in [9.17, 15) is 0 Å². The molecule has 0 aliphatic heterocycles. The summed E-state index contributed by atoms with van der Waals surface area (Å²) < 4.78 is 13.0. The van der Waals surface area contributed by atoms with Crippen LogP contribution in [0.1, 0.15) is 111 Å². The van der Waals surface area contributed by atoms with Gasteiger partial charge in [0.2, 0.25) is 0 Å². The quantitative estimate of drug-likeness (QED) is 0.206. The second-order valence-electron chi connectivity index (χ2n) is 13.1. The van der Waals surface area contributed by atoms with E-state index in [-0.39, 0.29) is 5.41 Å². The van der Waals surface area contributed by atoms with Gasteiger partial charge in [-0.15, -0.1) is 0 Å². The van der Waals surface area contributed by atoms with Crippen molar-refractivity contribution < 1.29 is 9.47 Å². The number of nitrogens with two attached hydrogens (primary N) is 2. The number of hydrogen-bond donors (Lipinski definition) is 2. The average molecular weight is 573 g/mol. The van der Waals surface area contributed by atoms with Crippen molar-refractivity contribution in [2.24, 2.45) is 0 Å². The molecule has 3 fully saturated rings. The molecule has 0 saturated heterocycles. The summed E-state index contributed by atoms with van der Waals surface area (Å²) in [5.74, 6) is 4.77. The van der Waals surface area contributed by atoms with Crippen molar-refractivity contribution in [1.29, 1.82) is 0 Å². The van der Waals surface area contributed by atoms with Crippen LogP contribution < -0.4 is 20.9 Å². The molecule has 0 spiro atoms. The van der Waals surface area contributed by atoms with Crippen LogP contribution in [0.3, 0.4) is 0 Å². The molecule has 3 aliphatic rings. The smallest absolute Gasteiger partial charge is 0.130 e. The molecule has 0 heterocycles. The first-order valence-corrected chi connectivity index (χ1v) is 16.4. The van der Waals surface area contributed by atoms with E-state index in [0.717, 1.165) is 34.4 Å². The first-order valence-electron chi connectivity index (χ1n) is 16.4. The topological polar surface area (TPSA) is 70.5 Å². The summed E-state index contributed by atoms with van der Waals surface area (Å²) in [5, 5.41) is 0. The highest BCUT2D eigenvalue weighted by Gasteiger charge is 2.39. The predicted octanol–water partition coefficient (Wildman–Crippen LogP) is 10.6. The highest BCUT2D eigenvalue weighted by molar-refractivity contribution is 5.53. The molecule has 7 rings (SSSR count). The molecule has 0 amide bonds. The number of rotatable bonds is 8. The maximum atomic E-state index is 6.52. The second kappa shape index (κ2) is 12.0. The van der Waals surface area contributed by atoms with Crippen molar-refractivity contribution in [3.63, 3.8) is 0 Å². The third-order valence-electron chi connectivity index (χ3n) is 10.4. The molecule has 4 N–H and O–H groups in total. The summed E-state index contributed by atoms with van der Waals surface area (Å²) in [6.07, 6.45) is 15.0. The van der Waals surface area contributed by atoms with E-state index in [1.54, 1.807) is 0 Å². The van der Waals surface area contributed by atoms with E-state index in [0.29, 0.717) is 11.8 Å². The summed E-state index contributed by atoms with van der Waals surface area (Å²) in [5.41, 5.74) is 19.0. The maximum Gasteiger partial charge on any atom is 0.130 e. The van der Waals surface area contributed by atoms with Crippen molar-refractivity contribution in [3.8, 4) is 23.0 Å². The Morgan fingerprint density at radius 3 is 1.28 bits per heavy atom. The third-order valence-corrected chi connectivity index (χ3v) is 10.4. The van der Waals surface area contributed by atoms with E-state index in [2.05, 4.69) is 36.4 Å². The maximum absolute atomic E-state index is 6.52. The number of hydrogen-bond acceptors (Lipinski definition) is 4. The SMILES string of the molecule is Nc1ccc(Oc2ccc(C3(c4ccc(Oc5ccc(N)cc5)c(C5CCCC5)c4)CCCC3)cc2C2CCCC2)cc1. The van der Waals surface area contributed by atoms with Gasteiger partial charge in [-0.1, -0.05) is 62.8 Å². The van der Waals surface area contributed by atoms with Gasteiger partial charge in [-0.25, -0.2) is 0 Å². The largest absolute Gasteiger partial charge is 0.457 e. The highest BCUT2D eigenvalue weighted by Crippen LogP contribution is 2.51. The number of benzene rings is 4. The Kier molecular flexibility index (Phi) is 7.78.